The zero-order valence-corrected chi connectivity index (χ0v) is 15.8. The highest BCUT2D eigenvalue weighted by molar-refractivity contribution is 6.32. The van der Waals surface area contributed by atoms with Gasteiger partial charge in [-0.1, -0.05) is 25.4 Å². The molecule has 0 bridgehead atoms. The third-order valence-corrected chi connectivity index (χ3v) is 4.60. The van der Waals surface area contributed by atoms with Crippen molar-refractivity contribution in [3.8, 4) is 5.95 Å². The van der Waals surface area contributed by atoms with Crippen LogP contribution in [-0.4, -0.2) is 44.4 Å². The molecular formula is C18H20ClN5O2. The number of hydrogen-bond acceptors (Lipinski definition) is 5. The van der Waals surface area contributed by atoms with Crippen LogP contribution in [0.4, 0.5) is 5.82 Å². The summed E-state index contributed by atoms with van der Waals surface area (Å²) in [5.41, 5.74) is 1.80. The molecule has 0 aliphatic carbocycles. The summed E-state index contributed by atoms with van der Waals surface area (Å²) in [4.78, 5) is 22.3. The van der Waals surface area contributed by atoms with Crippen molar-refractivity contribution in [1.29, 1.82) is 0 Å². The summed E-state index contributed by atoms with van der Waals surface area (Å²) in [6.07, 6.45) is 2.66. The second-order valence-corrected chi connectivity index (χ2v) is 6.79. The molecule has 0 saturated heterocycles. The number of benzene rings is 1. The highest BCUT2D eigenvalue weighted by atomic mass is 35.5. The fraction of sp³-hybridized carbons (Fsp3) is 0.333. The molecule has 3 aromatic rings. The first-order valence-electron chi connectivity index (χ1n) is 8.32. The second kappa shape index (κ2) is 6.92. The first kappa shape index (κ1) is 18.1. The Morgan fingerprint density at radius 1 is 1.35 bits per heavy atom. The molecule has 0 spiro atoms. The standard InChI is InChI=1S/C18H20ClN5O2/c1-5-23(4)16-13-6-12(10(2)3)14(19)7-15(13)21-18(22-16)24-9-11(8-20-24)17(25)26/h6-10H,5H2,1-4H3,(H,25,26). The number of carboxylic acids is 1. The summed E-state index contributed by atoms with van der Waals surface area (Å²) in [6.45, 7) is 6.96. The summed E-state index contributed by atoms with van der Waals surface area (Å²) in [6, 6.07) is 3.85. The zero-order valence-electron chi connectivity index (χ0n) is 15.1. The molecule has 3 rings (SSSR count). The maximum atomic E-state index is 11.1. The zero-order chi connectivity index (χ0) is 19.0. The van der Waals surface area contributed by atoms with Crippen LogP contribution in [0.2, 0.25) is 5.02 Å². The number of aromatic carboxylic acids is 1. The van der Waals surface area contributed by atoms with E-state index in [1.54, 1.807) is 0 Å². The summed E-state index contributed by atoms with van der Waals surface area (Å²) in [5, 5.41) is 14.7. The molecular weight excluding hydrogens is 354 g/mol. The SMILES string of the molecule is CCN(C)c1nc(-n2cc(C(=O)O)cn2)nc2cc(Cl)c(C(C)C)cc12. The lowest BCUT2D eigenvalue weighted by Gasteiger charge is -2.20. The molecule has 2 aromatic heterocycles. The molecule has 0 aliphatic heterocycles. The van der Waals surface area contributed by atoms with E-state index in [2.05, 4.69) is 28.9 Å². The number of fused-ring (bicyclic) bond motifs is 1. The summed E-state index contributed by atoms with van der Waals surface area (Å²) in [7, 11) is 1.95. The van der Waals surface area contributed by atoms with Gasteiger partial charge in [-0.05, 0) is 30.5 Å². The van der Waals surface area contributed by atoms with Crippen molar-refractivity contribution in [2.75, 3.05) is 18.5 Å². The fourth-order valence-electron chi connectivity index (χ4n) is 2.67. The van der Waals surface area contributed by atoms with Crippen LogP contribution >= 0.6 is 11.6 Å². The van der Waals surface area contributed by atoms with Crippen LogP contribution in [0.5, 0.6) is 0 Å². The predicted molar refractivity (Wildman–Crippen MR) is 102 cm³/mol. The molecule has 0 fully saturated rings. The van der Waals surface area contributed by atoms with Crippen LogP contribution in [0.1, 0.15) is 42.6 Å². The predicted octanol–water partition coefficient (Wildman–Crippen LogP) is 3.75. The minimum atomic E-state index is -1.05. The van der Waals surface area contributed by atoms with E-state index >= 15 is 0 Å². The Hall–Kier alpha value is -2.67. The molecule has 136 valence electrons. The number of anilines is 1. The summed E-state index contributed by atoms with van der Waals surface area (Å²) >= 11 is 6.43. The van der Waals surface area contributed by atoms with Gasteiger partial charge in [0.05, 0.1) is 17.3 Å². The van der Waals surface area contributed by atoms with Crippen LogP contribution in [0.15, 0.2) is 24.5 Å². The second-order valence-electron chi connectivity index (χ2n) is 6.39. The molecule has 26 heavy (non-hydrogen) atoms. The van der Waals surface area contributed by atoms with Crippen LogP contribution in [0, 0.1) is 0 Å². The van der Waals surface area contributed by atoms with Gasteiger partial charge >= 0.3 is 5.97 Å². The average Bonchev–Trinajstić information content (AvgIpc) is 3.09. The van der Waals surface area contributed by atoms with E-state index in [4.69, 9.17) is 16.7 Å². The van der Waals surface area contributed by atoms with Gasteiger partial charge in [0.1, 0.15) is 5.82 Å². The number of carbonyl (C=O) groups is 1. The molecule has 0 radical (unpaired) electrons. The highest BCUT2D eigenvalue weighted by Crippen LogP contribution is 2.32. The largest absolute Gasteiger partial charge is 0.478 e. The molecule has 0 saturated carbocycles. The van der Waals surface area contributed by atoms with Crippen molar-refractivity contribution in [3.05, 3.63) is 40.7 Å². The quantitative estimate of drug-likeness (QED) is 0.733. The summed E-state index contributed by atoms with van der Waals surface area (Å²) < 4.78 is 1.36. The van der Waals surface area contributed by atoms with E-state index in [0.717, 1.165) is 23.3 Å². The van der Waals surface area contributed by atoms with Crippen molar-refractivity contribution < 1.29 is 9.90 Å². The van der Waals surface area contributed by atoms with Gasteiger partial charge < -0.3 is 10.0 Å². The highest BCUT2D eigenvalue weighted by Gasteiger charge is 2.17. The number of nitrogens with zero attached hydrogens (tertiary/aromatic N) is 5. The van der Waals surface area contributed by atoms with Crippen molar-refractivity contribution in [2.24, 2.45) is 0 Å². The van der Waals surface area contributed by atoms with Gasteiger partial charge in [-0.3, -0.25) is 0 Å². The van der Waals surface area contributed by atoms with Gasteiger partial charge in [-0.2, -0.15) is 10.1 Å². The summed E-state index contributed by atoms with van der Waals surface area (Å²) in [5.74, 6) is 0.273. The van der Waals surface area contributed by atoms with E-state index in [1.807, 2.05) is 31.0 Å². The van der Waals surface area contributed by atoms with Crippen molar-refractivity contribution in [2.45, 2.75) is 26.7 Å². The Kier molecular flexibility index (Phi) is 4.82. The van der Waals surface area contributed by atoms with Crippen molar-refractivity contribution in [1.82, 2.24) is 19.7 Å². The van der Waals surface area contributed by atoms with Gasteiger partial charge in [0.25, 0.3) is 5.95 Å². The minimum Gasteiger partial charge on any atom is -0.478 e. The number of carboxylic acid groups (broad SMARTS) is 1. The van der Waals surface area contributed by atoms with Crippen LogP contribution in [-0.2, 0) is 0 Å². The molecule has 7 nitrogen and oxygen atoms in total. The van der Waals surface area contributed by atoms with Crippen LogP contribution in [0.3, 0.4) is 0 Å². The smallest absolute Gasteiger partial charge is 0.338 e. The molecule has 1 N–H and O–H groups in total. The van der Waals surface area contributed by atoms with Crippen LogP contribution in [0.25, 0.3) is 16.9 Å². The molecule has 0 atom stereocenters. The number of aromatic nitrogens is 4. The van der Waals surface area contributed by atoms with E-state index < -0.39 is 5.97 Å². The number of rotatable bonds is 5. The molecule has 8 heteroatoms. The first-order chi connectivity index (χ1) is 12.3. The number of hydrogen-bond donors (Lipinski definition) is 1. The minimum absolute atomic E-state index is 0.0762. The van der Waals surface area contributed by atoms with Crippen molar-refractivity contribution in [3.63, 3.8) is 0 Å². The van der Waals surface area contributed by atoms with Crippen LogP contribution < -0.4 is 4.90 Å². The van der Waals surface area contributed by atoms with Gasteiger partial charge in [-0.15, -0.1) is 0 Å². The van der Waals surface area contributed by atoms with Gasteiger partial charge in [0.2, 0.25) is 0 Å². The fourth-order valence-corrected chi connectivity index (χ4v) is 3.04. The van der Waals surface area contributed by atoms with Gasteiger partial charge in [0.15, 0.2) is 0 Å². The molecule has 0 unspecified atom stereocenters. The van der Waals surface area contributed by atoms with E-state index in [0.29, 0.717) is 16.5 Å². The third-order valence-electron chi connectivity index (χ3n) is 4.27. The maximum Gasteiger partial charge on any atom is 0.338 e. The maximum absolute atomic E-state index is 11.1. The van der Waals surface area contributed by atoms with E-state index in [9.17, 15) is 4.79 Å². The number of halogens is 1. The topological polar surface area (TPSA) is 84.1 Å². The van der Waals surface area contributed by atoms with E-state index in [1.165, 1.54) is 17.1 Å². The Labute approximate surface area is 156 Å². The van der Waals surface area contributed by atoms with Gasteiger partial charge in [-0.25, -0.2) is 14.5 Å². The first-order valence-corrected chi connectivity index (χ1v) is 8.70. The Bertz CT molecular complexity index is 983. The Balaban J connectivity index is 2.26. The molecule has 0 aliphatic rings. The van der Waals surface area contributed by atoms with Crippen molar-refractivity contribution >= 4 is 34.3 Å². The Morgan fingerprint density at radius 3 is 2.65 bits per heavy atom. The molecule has 1 aromatic carbocycles. The molecule has 2 heterocycles. The molecule has 0 amide bonds. The van der Waals surface area contributed by atoms with E-state index in [-0.39, 0.29) is 11.5 Å². The third kappa shape index (κ3) is 3.22. The Morgan fingerprint density at radius 2 is 2.08 bits per heavy atom. The monoisotopic (exact) mass is 373 g/mol. The lowest BCUT2D eigenvalue weighted by molar-refractivity contribution is 0.0697. The normalized spacial score (nSPS) is 11.3. The lowest BCUT2D eigenvalue weighted by Crippen LogP contribution is -2.19. The lowest BCUT2D eigenvalue weighted by atomic mass is 10.0. The average molecular weight is 374 g/mol. The van der Waals surface area contributed by atoms with Gasteiger partial charge in [0, 0.05) is 30.2 Å².